The molecule has 0 radical (unpaired) electrons. The van der Waals surface area contributed by atoms with E-state index in [1.807, 2.05) is 0 Å². The van der Waals surface area contributed by atoms with Crippen molar-refractivity contribution in [3.8, 4) is 5.75 Å². The molecule has 3 N–H and O–H groups in total. The first-order valence-corrected chi connectivity index (χ1v) is 6.53. The van der Waals surface area contributed by atoms with Crippen molar-refractivity contribution < 1.29 is 9.66 Å². The van der Waals surface area contributed by atoms with Gasteiger partial charge in [0.25, 0.3) is 5.69 Å². The van der Waals surface area contributed by atoms with Gasteiger partial charge in [-0.2, -0.15) is 0 Å². The van der Waals surface area contributed by atoms with Crippen LogP contribution in [0, 0.1) is 10.1 Å². The van der Waals surface area contributed by atoms with E-state index in [2.05, 4.69) is 10.3 Å². The number of methoxy groups -OCH3 is 1. The van der Waals surface area contributed by atoms with E-state index in [0.717, 1.165) is 11.4 Å². The van der Waals surface area contributed by atoms with Crippen LogP contribution in [0.2, 0.25) is 0 Å². The smallest absolute Gasteiger partial charge is 0.274 e. The summed E-state index contributed by atoms with van der Waals surface area (Å²) in [5.41, 5.74) is 7.08. The molecule has 0 fully saturated rings. The van der Waals surface area contributed by atoms with Gasteiger partial charge in [-0.05, 0) is 24.3 Å². The highest BCUT2D eigenvalue weighted by molar-refractivity contribution is 5.92. The van der Waals surface area contributed by atoms with Crippen LogP contribution in [0.25, 0.3) is 0 Å². The molecule has 0 spiro atoms. The molecule has 0 unspecified atom stereocenters. The number of hydrogen-bond acceptors (Lipinski definition) is 4. The van der Waals surface area contributed by atoms with Crippen LogP contribution in [0.3, 0.4) is 0 Å². The van der Waals surface area contributed by atoms with Gasteiger partial charge in [-0.25, -0.2) is 4.99 Å². The molecule has 0 aliphatic rings. The van der Waals surface area contributed by atoms with E-state index in [1.165, 1.54) is 6.07 Å². The predicted molar refractivity (Wildman–Crippen MR) is 85.0 cm³/mol. The molecule has 0 amide bonds. The molecule has 0 atom stereocenters. The molecular weight excluding hydrogens is 284 g/mol. The van der Waals surface area contributed by atoms with Crippen molar-refractivity contribution in [2.45, 2.75) is 6.54 Å². The summed E-state index contributed by atoms with van der Waals surface area (Å²) in [5.74, 6) is 0.921. The average molecular weight is 300 g/mol. The SMILES string of the molecule is COc1ccc(NC(N)=NCc2ccccc2[N+](=O)[O-])cc1. The summed E-state index contributed by atoms with van der Waals surface area (Å²) in [6, 6.07) is 13.6. The topological polar surface area (TPSA) is 103 Å². The van der Waals surface area contributed by atoms with Gasteiger partial charge >= 0.3 is 0 Å². The molecule has 22 heavy (non-hydrogen) atoms. The highest BCUT2D eigenvalue weighted by atomic mass is 16.6. The Hall–Kier alpha value is -3.09. The summed E-state index contributed by atoms with van der Waals surface area (Å²) < 4.78 is 5.06. The summed E-state index contributed by atoms with van der Waals surface area (Å²) in [4.78, 5) is 14.6. The van der Waals surface area contributed by atoms with Crippen molar-refractivity contribution in [1.82, 2.24) is 0 Å². The number of benzene rings is 2. The van der Waals surface area contributed by atoms with Crippen molar-refractivity contribution in [2.75, 3.05) is 12.4 Å². The van der Waals surface area contributed by atoms with Crippen molar-refractivity contribution in [1.29, 1.82) is 0 Å². The van der Waals surface area contributed by atoms with Crippen molar-refractivity contribution in [3.63, 3.8) is 0 Å². The Morgan fingerprint density at radius 1 is 1.27 bits per heavy atom. The second-order valence-corrected chi connectivity index (χ2v) is 4.44. The van der Waals surface area contributed by atoms with Crippen LogP contribution >= 0.6 is 0 Å². The summed E-state index contributed by atoms with van der Waals surface area (Å²) in [6.07, 6.45) is 0. The van der Waals surface area contributed by atoms with Gasteiger partial charge in [-0.1, -0.05) is 18.2 Å². The number of aliphatic imine (C=N–C) groups is 1. The Labute approximate surface area is 127 Å². The maximum Gasteiger partial charge on any atom is 0.274 e. The maximum absolute atomic E-state index is 10.9. The van der Waals surface area contributed by atoms with Crippen LogP contribution < -0.4 is 15.8 Å². The third kappa shape index (κ3) is 3.95. The highest BCUT2D eigenvalue weighted by Gasteiger charge is 2.11. The van der Waals surface area contributed by atoms with Gasteiger partial charge in [0.05, 0.1) is 24.1 Å². The van der Waals surface area contributed by atoms with Crippen LogP contribution in [-0.2, 0) is 6.54 Å². The minimum atomic E-state index is -0.433. The molecule has 0 heterocycles. The van der Waals surface area contributed by atoms with E-state index in [0.29, 0.717) is 5.56 Å². The van der Waals surface area contributed by atoms with Crippen molar-refractivity contribution >= 4 is 17.3 Å². The second-order valence-electron chi connectivity index (χ2n) is 4.44. The van der Waals surface area contributed by atoms with E-state index >= 15 is 0 Å². The molecular formula is C15H16N4O3. The number of nitro benzene ring substituents is 1. The van der Waals surface area contributed by atoms with Crippen LogP contribution in [0.15, 0.2) is 53.5 Å². The lowest BCUT2D eigenvalue weighted by Gasteiger charge is -2.07. The number of anilines is 1. The van der Waals surface area contributed by atoms with E-state index < -0.39 is 4.92 Å². The minimum Gasteiger partial charge on any atom is -0.497 e. The molecule has 0 aliphatic heterocycles. The molecule has 2 rings (SSSR count). The first-order chi connectivity index (χ1) is 10.6. The quantitative estimate of drug-likeness (QED) is 0.382. The lowest BCUT2D eigenvalue weighted by Crippen LogP contribution is -2.22. The zero-order valence-electron chi connectivity index (χ0n) is 12.0. The van der Waals surface area contributed by atoms with Gasteiger partial charge in [0, 0.05) is 11.8 Å². The molecule has 7 nitrogen and oxygen atoms in total. The second kappa shape index (κ2) is 7.07. The molecule has 2 aromatic rings. The number of nitrogens with zero attached hydrogens (tertiary/aromatic N) is 2. The van der Waals surface area contributed by atoms with Gasteiger partial charge in [-0.3, -0.25) is 10.1 Å². The third-order valence-corrected chi connectivity index (χ3v) is 2.97. The number of ether oxygens (including phenoxy) is 1. The zero-order valence-corrected chi connectivity index (χ0v) is 12.0. The molecule has 2 aromatic carbocycles. The fourth-order valence-electron chi connectivity index (χ4n) is 1.85. The lowest BCUT2D eigenvalue weighted by atomic mass is 10.2. The van der Waals surface area contributed by atoms with E-state index in [1.54, 1.807) is 49.6 Å². The standard InChI is InChI=1S/C15H16N4O3/c1-22-13-8-6-12(7-9-13)18-15(16)17-10-11-4-2-3-5-14(11)19(20)21/h2-9H,10H2,1H3,(H3,16,17,18). The fraction of sp³-hybridized carbons (Fsp3) is 0.133. The third-order valence-electron chi connectivity index (χ3n) is 2.97. The highest BCUT2D eigenvalue weighted by Crippen LogP contribution is 2.18. The van der Waals surface area contributed by atoms with Gasteiger partial charge in [0.1, 0.15) is 5.75 Å². The zero-order chi connectivity index (χ0) is 15.9. The summed E-state index contributed by atoms with van der Waals surface area (Å²) >= 11 is 0. The van der Waals surface area contributed by atoms with E-state index in [9.17, 15) is 10.1 Å². The maximum atomic E-state index is 10.9. The molecule has 0 saturated heterocycles. The average Bonchev–Trinajstić information content (AvgIpc) is 2.54. The number of guanidine groups is 1. The molecule has 0 saturated carbocycles. The van der Waals surface area contributed by atoms with Gasteiger partial charge < -0.3 is 15.8 Å². The molecule has 7 heteroatoms. The monoisotopic (exact) mass is 300 g/mol. The number of nitrogens with one attached hydrogen (secondary N) is 1. The number of hydrogen-bond donors (Lipinski definition) is 2. The number of rotatable bonds is 5. The Bertz CT molecular complexity index is 683. The summed E-state index contributed by atoms with van der Waals surface area (Å²) in [6.45, 7) is 0.131. The first kappa shape index (κ1) is 15.3. The van der Waals surface area contributed by atoms with Crippen LogP contribution in [0.1, 0.15) is 5.56 Å². The molecule has 0 aromatic heterocycles. The Morgan fingerprint density at radius 3 is 2.59 bits per heavy atom. The molecule has 0 aliphatic carbocycles. The first-order valence-electron chi connectivity index (χ1n) is 6.53. The Morgan fingerprint density at radius 2 is 1.95 bits per heavy atom. The summed E-state index contributed by atoms with van der Waals surface area (Å²) in [5, 5.41) is 13.8. The van der Waals surface area contributed by atoms with Crippen molar-refractivity contribution in [3.05, 3.63) is 64.2 Å². The van der Waals surface area contributed by atoms with Crippen LogP contribution in [0.4, 0.5) is 11.4 Å². The number of nitro groups is 1. The largest absolute Gasteiger partial charge is 0.497 e. The molecule has 114 valence electrons. The predicted octanol–water partition coefficient (Wildman–Crippen LogP) is 2.53. The fourth-order valence-corrected chi connectivity index (χ4v) is 1.85. The van der Waals surface area contributed by atoms with Gasteiger partial charge in [0.2, 0.25) is 0 Å². The lowest BCUT2D eigenvalue weighted by molar-refractivity contribution is -0.385. The van der Waals surface area contributed by atoms with Crippen molar-refractivity contribution in [2.24, 2.45) is 10.7 Å². The Kier molecular flexibility index (Phi) is 4.92. The van der Waals surface area contributed by atoms with Crippen LogP contribution in [-0.4, -0.2) is 18.0 Å². The Balaban J connectivity index is 2.05. The van der Waals surface area contributed by atoms with Gasteiger partial charge in [-0.15, -0.1) is 0 Å². The van der Waals surface area contributed by atoms with Crippen LogP contribution in [0.5, 0.6) is 5.75 Å². The number of nitrogens with two attached hydrogens (primary N) is 1. The molecule has 0 bridgehead atoms. The number of para-hydroxylation sites is 1. The van der Waals surface area contributed by atoms with E-state index in [4.69, 9.17) is 10.5 Å². The van der Waals surface area contributed by atoms with E-state index in [-0.39, 0.29) is 18.2 Å². The minimum absolute atomic E-state index is 0.0310. The van der Waals surface area contributed by atoms with Gasteiger partial charge in [0.15, 0.2) is 5.96 Å². The normalized spacial score (nSPS) is 11.0. The summed E-state index contributed by atoms with van der Waals surface area (Å²) in [7, 11) is 1.59.